The van der Waals surface area contributed by atoms with Gasteiger partial charge in [-0.05, 0) is 17.5 Å². The maximum absolute atomic E-state index is 12.0. The third-order valence-electron chi connectivity index (χ3n) is 3.38. The summed E-state index contributed by atoms with van der Waals surface area (Å²) < 4.78 is 1.47. The van der Waals surface area contributed by atoms with Gasteiger partial charge in [-0.3, -0.25) is 4.79 Å². The maximum Gasteiger partial charge on any atom is 0.266 e. The van der Waals surface area contributed by atoms with E-state index >= 15 is 0 Å². The van der Waals surface area contributed by atoms with Crippen LogP contribution in [0, 0.1) is 0 Å². The number of aromatic nitrogens is 4. The first kappa shape index (κ1) is 16.1. The number of nitrogens with one attached hydrogen (secondary N) is 1. The molecule has 0 amide bonds. The first-order valence-electron chi connectivity index (χ1n) is 7.49. The Labute approximate surface area is 143 Å². The molecule has 124 valence electrons. The zero-order valence-corrected chi connectivity index (χ0v) is 14.3. The van der Waals surface area contributed by atoms with Crippen molar-refractivity contribution in [3.05, 3.63) is 52.4 Å². The molecule has 0 aromatic carbocycles. The largest absolute Gasteiger partial charge is 0.368 e. The van der Waals surface area contributed by atoms with Crippen LogP contribution in [0.4, 0.5) is 11.6 Å². The Balaban J connectivity index is 1.68. The van der Waals surface area contributed by atoms with Gasteiger partial charge in [-0.2, -0.15) is 5.10 Å². The van der Waals surface area contributed by atoms with Gasteiger partial charge in [0.15, 0.2) is 0 Å². The number of nitrogens with zero attached hydrogens (tertiary/aromatic N) is 5. The van der Waals surface area contributed by atoms with Gasteiger partial charge in [0.1, 0.15) is 23.7 Å². The van der Waals surface area contributed by atoms with Crippen molar-refractivity contribution < 1.29 is 0 Å². The van der Waals surface area contributed by atoms with Gasteiger partial charge in [-0.15, -0.1) is 11.3 Å². The predicted octanol–water partition coefficient (Wildman–Crippen LogP) is 1.94. The molecular formula is C16H18N6OS. The van der Waals surface area contributed by atoms with E-state index in [2.05, 4.69) is 20.4 Å². The summed E-state index contributed by atoms with van der Waals surface area (Å²) in [5.41, 5.74) is 0.690. The number of rotatable bonds is 6. The van der Waals surface area contributed by atoms with E-state index in [9.17, 15) is 4.79 Å². The van der Waals surface area contributed by atoms with Crippen molar-refractivity contribution in [2.45, 2.75) is 6.54 Å². The molecule has 0 saturated carbocycles. The van der Waals surface area contributed by atoms with E-state index in [0.717, 1.165) is 22.2 Å². The van der Waals surface area contributed by atoms with Gasteiger partial charge in [0, 0.05) is 32.8 Å². The fraction of sp³-hybridized carbons (Fsp3) is 0.250. The molecule has 0 aliphatic carbocycles. The summed E-state index contributed by atoms with van der Waals surface area (Å²) in [4.78, 5) is 23.3. The van der Waals surface area contributed by atoms with Crippen LogP contribution in [0.3, 0.4) is 0 Å². The fourth-order valence-electron chi connectivity index (χ4n) is 2.14. The predicted molar refractivity (Wildman–Crippen MR) is 96.7 cm³/mol. The highest BCUT2D eigenvalue weighted by atomic mass is 32.1. The molecule has 0 aliphatic heterocycles. The second-order valence-corrected chi connectivity index (χ2v) is 6.29. The molecule has 3 heterocycles. The van der Waals surface area contributed by atoms with E-state index in [1.165, 1.54) is 11.0 Å². The van der Waals surface area contributed by atoms with Crippen LogP contribution < -0.4 is 15.8 Å². The second kappa shape index (κ2) is 7.22. The smallest absolute Gasteiger partial charge is 0.266 e. The summed E-state index contributed by atoms with van der Waals surface area (Å²) in [6.45, 7) is 1.00. The van der Waals surface area contributed by atoms with Crippen molar-refractivity contribution in [3.63, 3.8) is 0 Å². The zero-order valence-electron chi connectivity index (χ0n) is 13.5. The third kappa shape index (κ3) is 3.77. The normalized spacial score (nSPS) is 10.6. The molecular weight excluding hydrogens is 324 g/mol. The Hall–Kier alpha value is -2.74. The van der Waals surface area contributed by atoms with E-state index < -0.39 is 0 Å². The van der Waals surface area contributed by atoms with Gasteiger partial charge in [0.25, 0.3) is 5.56 Å². The molecule has 0 aliphatic rings. The number of anilines is 2. The molecule has 7 nitrogen and oxygen atoms in total. The van der Waals surface area contributed by atoms with Crippen LogP contribution in [0.25, 0.3) is 10.6 Å². The van der Waals surface area contributed by atoms with Crippen LogP contribution in [0.2, 0.25) is 0 Å². The number of hydrogen-bond acceptors (Lipinski definition) is 7. The molecule has 3 aromatic rings. The quantitative estimate of drug-likeness (QED) is 0.738. The molecule has 0 unspecified atom stereocenters. The van der Waals surface area contributed by atoms with Crippen LogP contribution >= 0.6 is 11.3 Å². The van der Waals surface area contributed by atoms with Crippen LogP contribution in [0.5, 0.6) is 0 Å². The van der Waals surface area contributed by atoms with Gasteiger partial charge in [0.05, 0.1) is 11.4 Å². The van der Waals surface area contributed by atoms with Gasteiger partial charge in [-0.25, -0.2) is 14.6 Å². The molecule has 0 radical (unpaired) electrons. The molecule has 24 heavy (non-hydrogen) atoms. The lowest BCUT2D eigenvalue weighted by Gasteiger charge is -2.12. The van der Waals surface area contributed by atoms with Gasteiger partial charge in [-0.1, -0.05) is 6.07 Å². The standard InChI is InChI=1S/C16H18N6OS/c1-21(2)15-10-14(18-11-19-15)17-7-8-22-16(23)6-5-12(20-22)13-4-3-9-24-13/h3-6,9-11H,7-8H2,1-2H3,(H,17,18,19). The molecule has 3 aromatic heterocycles. The summed E-state index contributed by atoms with van der Waals surface area (Å²) in [6, 6.07) is 9.13. The van der Waals surface area contributed by atoms with E-state index in [0.29, 0.717) is 13.1 Å². The molecule has 0 fully saturated rings. The monoisotopic (exact) mass is 342 g/mol. The molecule has 8 heteroatoms. The Bertz CT molecular complexity index is 859. The van der Waals surface area contributed by atoms with Gasteiger partial charge in [0.2, 0.25) is 0 Å². The second-order valence-electron chi connectivity index (χ2n) is 5.34. The average molecular weight is 342 g/mol. The lowest BCUT2D eigenvalue weighted by Crippen LogP contribution is -2.25. The Kier molecular flexibility index (Phi) is 4.85. The SMILES string of the molecule is CN(C)c1cc(NCCn2nc(-c3cccs3)ccc2=O)ncn1. The van der Waals surface area contributed by atoms with E-state index in [4.69, 9.17) is 0 Å². The molecule has 3 rings (SSSR count). The highest BCUT2D eigenvalue weighted by Crippen LogP contribution is 2.21. The number of hydrogen-bond donors (Lipinski definition) is 1. The van der Waals surface area contributed by atoms with Crippen molar-refractivity contribution >= 4 is 23.0 Å². The summed E-state index contributed by atoms with van der Waals surface area (Å²) in [5.74, 6) is 1.54. The lowest BCUT2D eigenvalue weighted by atomic mass is 10.3. The van der Waals surface area contributed by atoms with Gasteiger partial charge >= 0.3 is 0 Å². The lowest BCUT2D eigenvalue weighted by molar-refractivity contribution is 0.600. The Morgan fingerprint density at radius 3 is 2.88 bits per heavy atom. The van der Waals surface area contributed by atoms with Crippen LogP contribution in [-0.4, -0.2) is 40.4 Å². The molecule has 0 saturated heterocycles. The fourth-order valence-corrected chi connectivity index (χ4v) is 2.83. The summed E-state index contributed by atoms with van der Waals surface area (Å²) in [6.07, 6.45) is 1.51. The Morgan fingerprint density at radius 1 is 1.25 bits per heavy atom. The average Bonchev–Trinajstić information content (AvgIpc) is 3.11. The maximum atomic E-state index is 12.0. The van der Waals surface area contributed by atoms with Crippen molar-refractivity contribution in [3.8, 4) is 10.6 Å². The van der Waals surface area contributed by atoms with Crippen LogP contribution in [-0.2, 0) is 6.54 Å². The summed E-state index contributed by atoms with van der Waals surface area (Å²) in [5, 5.41) is 9.61. The highest BCUT2D eigenvalue weighted by Gasteiger charge is 2.05. The topological polar surface area (TPSA) is 75.9 Å². The first-order valence-corrected chi connectivity index (χ1v) is 8.37. The van der Waals surface area contributed by atoms with Crippen molar-refractivity contribution in [2.24, 2.45) is 0 Å². The molecule has 0 bridgehead atoms. The van der Waals surface area contributed by atoms with Crippen LogP contribution in [0.1, 0.15) is 0 Å². The van der Waals surface area contributed by atoms with Crippen molar-refractivity contribution in [1.82, 2.24) is 19.7 Å². The van der Waals surface area contributed by atoms with Crippen molar-refractivity contribution in [2.75, 3.05) is 30.9 Å². The first-order chi connectivity index (χ1) is 11.6. The van der Waals surface area contributed by atoms with Crippen LogP contribution in [0.15, 0.2) is 46.8 Å². The molecule has 1 N–H and O–H groups in total. The summed E-state index contributed by atoms with van der Waals surface area (Å²) >= 11 is 1.60. The zero-order chi connectivity index (χ0) is 16.9. The third-order valence-corrected chi connectivity index (χ3v) is 4.27. The number of thiophene rings is 1. The van der Waals surface area contributed by atoms with Crippen molar-refractivity contribution in [1.29, 1.82) is 0 Å². The minimum Gasteiger partial charge on any atom is -0.368 e. The minimum absolute atomic E-state index is 0.117. The van der Waals surface area contributed by atoms with Gasteiger partial charge < -0.3 is 10.2 Å². The highest BCUT2D eigenvalue weighted by molar-refractivity contribution is 7.13. The van der Waals surface area contributed by atoms with E-state index in [1.54, 1.807) is 23.5 Å². The van der Waals surface area contributed by atoms with E-state index in [-0.39, 0.29) is 5.56 Å². The molecule has 0 spiro atoms. The van der Waals surface area contributed by atoms with E-state index in [1.807, 2.05) is 42.6 Å². The molecule has 0 atom stereocenters. The Morgan fingerprint density at radius 2 is 2.12 bits per heavy atom. The summed E-state index contributed by atoms with van der Waals surface area (Å²) in [7, 11) is 3.84. The minimum atomic E-state index is -0.117.